The Morgan fingerprint density at radius 3 is 2.88 bits per heavy atom. The van der Waals surface area contributed by atoms with E-state index in [-0.39, 0.29) is 0 Å². The van der Waals surface area contributed by atoms with Gasteiger partial charge in [0.2, 0.25) is 0 Å². The fraction of sp³-hybridized carbons (Fsp3) is 0.857. The van der Waals surface area contributed by atoms with E-state index in [1.807, 2.05) is 6.26 Å². The van der Waals surface area contributed by atoms with E-state index in [0.29, 0.717) is 6.10 Å². The molecule has 1 fully saturated rings. The van der Waals surface area contributed by atoms with Crippen LogP contribution in [0.2, 0.25) is 0 Å². The Morgan fingerprint density at radius 2 is 2.06 bits per heavy atom. The molecule has 0 spiro atoms. The molecule has 2 rings (SSSR count). The summed E-state index contributed by atoms with van der Waals surface area (Å²) in [6.07, 6.45) is 13.7. The van der Waals surface area contributed by atoms with Crippen LogP contribution in [-0.2, 0) is 4.74 Å². The molecule has 92 valence electrons. The third kappa shape index (κ3) is 3.51. The van der Waals surface area contributed by atoms with Crippen molar-refractivity contribution in [1.29, 1.82) is 0 Å². The molecule has 3 atom stereocenters. The minimum absolute atomic E-state index is 0.403. The zero-order valence-electron chi connectivity index (χ0n) is 10.5. The predicted molar refractivity (Wildman–Crippen MR) is 67.3 cm³/mol. The molecule has 2 heteroatoms. The van der Waals surface area contributed by atoms with Gasteiger partial charge in [0.05, 0.1) is 6.26 Å². The van der Waals surface area contributed by atoms with E-state index < -0.39 is 0 Å². The first kappa shape index (κ1) is 12.0. The second-order valence-corrected chi connectivity index (χ2v) is 5.34. The van der Waals surface area contributed by atoms with Gasteiger partial charge in [-0.1, -0.05) is 26.2 Å². The lowest BCUT2D eigenvalue weighted by Gasteiger charge is -2.26. The summed E-state index contributed by atoms with van der Waals surface area (Å²) in [4.78, 5) is 0. The van der Waals surface area contributed by atoms with E-state index in [1.54, 1.807) is 0 Å². The molecule has 1 heterocycles. The van der Waals surface area contributed by atoms with Crippen molar-refractivity contribution >= 4 is 0 Å². The first-order valence-electron chi connectivity index (χ1n) is 6.90. The van der Waals surface area contributed by atoms with Gasteiger partial charge >= 0.3 is 0 Å². The van der Waals surface area contributed by atoms with Gasteiger partial charge < -0.3 is 10.1 Å². The van der Waals surface area contributed by atoms with Crippen LogP contribution in [0.5, 0.6) is 0 Å². The van der Waals surface area contributed by atoms with Gasteiger partial charge in [0.25, 0.3) is 0 Å². The molecule has 0 bridgehead atoms. The van der Waals surface area contributed by atoms with Gasteiger partial charge in [-0.15, -0.1) is 0 Å². The average Bonchev–Trinajstić information content (AvgIpc) is 2.53. The lowest BCUT2D eigenvalue weighted by atomic mass is 9.96. The second kappa shape index (κ2) is 6.29. The van der Waals surface area contributed by atoms with E-state index in [1.165, 1.54) is 44.9 Å². The highest BCUT2D eigenvalue weighted by atomic mass is 16.5. The van der Waals surface area contributed by atoms with Gasteiger partial charge in [0, 0.05) is 12.6 Å². The van der Waals surface area contributed by atoms with Crippen molar-refractivity contribution in [2.45, 2.75) is 64.0 Å². The van der Waals surface area contributed by atoms with Crippen LogP contribution in [0.3, 0.4) is 0 Å². The molecule has 1 saturated carbocycles. The average molecular weight is 223 g/mol. The standard InChI is InChI=1S/C14H25NO/c1-12-7-3-2-4-9-14(12)15-11-13-8-5-6-10-16-13/h6,10,12-15H,2-5,7-9,11H2,1H3. The lowest BCUT2D eigenvalue weighted by Crippen LogP contribution is -2.40. The molecule has 0 saturated heterocycles. The molecule has 2 nitrogen and oxygen atoms in total. The molecule has 0 aromatic heterocycles. The SMILES string of the molecule is CC1CCCCCC1NCC1CCC=CO1. The maximum absolute atomic E-state index is 5.59. The molecule has 3 unspecified atom stereocenters. The molecule has 1 aliphatic heterocycles. The zero-order valence-corrected chi connectivity index (χ0v) is 10.5. The molecule has 0 amide bonds. The van der Waals surface area contributed by atoms with Crippen molar-refractivity contribution in [2.24, 2.45) is 5.92 Å². The largest absolute Gasteiger partial charge is 0.497 e. The van der Waals surface area contributed by atoms with Crippen LogP contribution in [0.25, 0.3) is 0 Å². The minimum Gasteiger partial charge on any atom is -0.497 e. The summed E-state index contributed by atoms with van der Waals surface area (Å²) in [6.45, 7) is 3.42. The molecule has 0 aromatic rings. The van der Waals surface area contributed by atoms with Gasteiger partial charge in [-0.2, -0.15) is 0 Å². The summed E-state index contributed by atoms with van der Waals surface area (Å²) < 4.78 is 5.59. The minimum atomic E-state index is 0.403. The topological polar surface area (TPSA) is 21.3 Å². The van der Waals surface area contributed by atoms with Crippen LogP contribution in [0.1, 0.15) is 51.9 Å². The predicted octanol–water partition coefficient (Wildman–Crippen LogP) is 3.24. The van der Waals surface area contributed by atoms with Crippen LogP contribution in [-0.4, -0.2) is 18.7 Å². The van der Waals surface area contributed by atoms with E-state index in [9.17, 15) is 0 Å². The zero-order chi connectivity index (χ0) is 11.2. The first-order chi connectivity index (χ1) is 7.86. The Kier molecular flexibility index (Phi) is 4.70. The quantitative estimate of drug-likeness (QED) is 0.742. The third-order valence-electron chi connectivity index (χ3n) is 3.99. The Hall–Kier alpha value is -0.500. The van der Waals surface area contributed by atoms with E-state index in [0.717, 1.165) is 18.5 Å². The number of hydrogen-bond donors (Lipinski definition) is 1. The number of ether oxygens (including phenoxy) is 1. The van der Waals surface area contributed by atoms with Crippen LogP contribution < -0.4 is 5.32 Å². The van der Waals surface area contributed by atoms with E-state index in [4.69, 9.17) is 4.74 Å². The molecular formula is C14H25NO. The molecule has 2 aliphatic rings. The fourth-order valence-electron chi connectivity index (χ4n) is 2.81. The van der Waals surface area contributed by atoms with Crippen LogP contribution in [0.15, 0.2) is 12.3 Å². The van der Waals surface area contributed by atoms with Gasteiger partial charge in [-0.25, -0.2) is 0 Å². The van der Waals surface area contributed by atoms with Crippen LogP contribution in [0, 0.1) is 5.92 Å². The summed E-state index contributed by atoms with van der Waals surface area (Å²) in [5.74, 6) is 0.835. The van der Waals surface area contributed by atoms with Crippen LogP contribution in [0.4, 0.5) is 0 Å². The van der Waals surface area contributed by atoms with E-state index >= 15 is 0 Å². The van der Waals surface area contributed by atoms with Crippen LogP contribution >= 0.6 is 0 Å². The Balaban J connectivity index is 1.72. The highest BCUT2D eigenvalue weighted by Gasteiger charge is 2.21. The van der Waals surface area contributed by atoms with Crippen molar-refractivity contribution < 1.29 is 4.74 Å². The first-order valence-corrected chi connectivity index (χ1v) is 6.90. The Morgan fingerprint density at radius 1 is 1.19 bits per heavy atom. The van der Waals surface area contributed by atoms with Gasteiger partial charge in [-0.3, -0.25) is 0 Å². The van der Waals surface area contributed by atoms with Gasteiger partial charge in [0.15, 0.2) is 0 Å². The number of allylic oxidation sites excluding steroid dienone is 1. The smallest absolute Gasteiger partial charge is 0.110 e. The molecular weight excluding hydrogens is 198 g/mol. The molecule has 0 radical (unpaired) electrons. The monoisotopic (exact) mass is 223 g/mol. The Bertz CT molecular complexity index is 227. The van der Waals surface area contributed by atoms with Crippen molar-refractivity contribution in [3.63, 3.8) is 0 Å². The van der Waals surface area contributed by atoms with E-state index in [2.05, 4.69) is 18.3 Å². The summed E-state index contributed by atoms with van der Waals surface area (Å²) in [5.41, 5.74) is 0. The van der Waals surface area contributed by atoms with Gasteiger partial charge in [0.1, 0.15) is 6.10 Å². The number of rotatable bonds is 3. The normalized spacial score (nSPS) is 35.4. The summed E-state index contributed by atoms with van der Waals surface area (Å²) in [6, 6.07) is 0.719. The fourth-order valence-corrected chi connectivity index (χ4v) is 2.81. The van der Waals surface area contributed by atoms with Gasteiger partial charge in [-0.05, 0) is 37.7 Å². The molecule has 1 aliphatic carbocycles. The van der Waals surface area contributed by atoms with Crippen molar-refractivity contribution in [2.75, 3.05) is 6.54 Å². The Labute approximate surface area is 99.4 Å². The second-order valence-electron chi connectivity index (χ2n) is 5.34. The number of hydrogen-bond acceptors (Lipinski definition) is 2. The number of nitrogens with one attached hydrogen (secondary N) is 1. The summed E-state index contributed by atoms with van der Waals surface area (Å²) in [7, 11) is 0. The maximum Gasteiger partial charge on any atom is 0.110 e. The van der Waals surface area contributed by atoms with Crippen molar-refractivity contribution in [1.82, 2.24) is 5.32 Å². The summed E-state index contributed by atoms with van der Waals surface area (Å²) in [5, 5.41) is 3.72. The highest BCUT2D eigenvalue weighted by molar-refractivity contribution is 4.84. The lowest BCUT2D eigenvalue weighted by molar-refractivity contribution is 0.115. The molecule has 1 N–H and O–H groups in total. The molecule has 16 heavy (non-hydrogen) atoms. The third-order valence-corrected chi connectivity index (χ3v) is 3.99. The molecule has 0 aromatic carbocycles. The van der Waals surface area contributed by atoms with Crippen molar-refractivity contribution in [3.05, 3.63) is 12.3 Å². The summed E-state index contributed by atoms with van der Waals surface area (Å²) >= 11 is 0. The maximum atomic E-state index is 5.59. The highest BCUT2D eigenvalue weighted by Crippen LogP contribution is 2.23. The van der Waals surface area contributed by atoms with Crippen molar-refractivity contribution in [3.8, 4) is 0 Å².